The highest BCUT2D eigenvalue weighted by molar-refractivity contribution is 7.89. The third kappa shape index (κ3) is 4.23. The van der Waals surface area contributed by atoms with E-state index in [9.17, 15) is 13.2 Å². The van der Waals surface area contributed by atoms with Crippen LogP contribution >= 0.6 is 22.9 Å². The molecule has 0 aliphatic carbocycles. The van der Waals surface area contributed by atoms with Gasteiger partial charge in [-0.25, -0.2) is 8.42 Å². The summed E-state index contributed by atoms with van der Waals surface area (Å²) in [6.45, 7) is 1.09. The van der Waals surface area contributed by atoms with Crippen LogP contribution in [0.4, 0.5) is 0 Å². The van der Waals surface area contributed by atoms with Crippen molar-refractivity contribution in [2.24, 2.45) is 0 Å². The van der Waals surface area contributed by atoms with Gasteiger partial charge in [-0.2, -0.15) is 4.31 Å². The zero-order valence-corrected chi connectivity index (χ0v) is 17.9. The summed E-state index contributed by atoms with van der Waals surface area (Å²) in [4.78, 5) is 13.7. The molecule has 0 fully saturated rings. The third-order valence-electron chi connectivity index (χ3n) is 4.92. The molecule has 150 valence electrons. The Bertz CT molecular complexity index is 1140. The maximum atomic E-state index is 13.2. The Morgan fingerprint density at radius 3 is 2.66 bits per heavy atom. The van der Waals surface area contributed by atoms with Crippen LogP contribution in [-0.2, 0) is 29.5 Å². The molecule has 0 atom stereocenters. The first-order valence-electron chi connectivity index (χ1n) is 9.12. The Balaban J connectivity index is 1.57. The number of thiophene rings is 1. The van der Waals surface area contributed by atoms with Gasteiger partial charge in [0.2, 0.25) is 10.0 Å². The van der Waals surface area contributed by atoms with Crippen LogP contribution in [0.3, 0.4) is 0 Å². The van der Waals surface area contributed by atoms with Crippen molar-refractivity contribution in [3.05, 3.63) is 86.6 Å². The zero-order valence-electron chi connectivity index (χ0n) is 15.5. The summed E-state index contributed by atoms with van der Waals surface area (Å²) in [7, 11) is -3.74. The molecule has 2 aromatic carbocycles. The van der Waals surface area contributed by atoms with Gasteiger partial charge in [-0.1, -0.05) is 41.9 Å². The van der Waals surface area contributed by atoms with Crippen LogP contribution in [0, 0.1) is 0 Å². The van der Waals surface area contributed by atoms with E-state index >= 15 is 0 Å². The molecular formula is C21H19ClN2O3S2. The van der Waals surface area contributed by atoms with Gasteiger partial charge in [-0.3, -0.25) is 4.79 Å². The summed E-state index contributed by atoms with van der Waals surface area (Å²) in [6, 6.07) is 15.9. The van der Waals surface area contributed by atoms with E-state index in [0.717, 1.165) is 10.4 Å². The molecule has 1 aromatic heterocycles. The lowest BCUT2D eigenvalue weighted by Gasteiger charge is -2.28. The van der Waals surface area contributed by atoms with Crippen molar-refractivity contribution >= 4 is 38.9 Å². The molecule has 0 spiro atoms. The Kier molecular flexibility index (Phi) is 5.74. The average Bonchev–Trinajstić information content (AvgIpc) is 3.25. The van der Waals surface area contributed by atoms with Crippen LogP contribution in [0.5, 0.6) is 0 Å². The van der Waals surface area contributed by atoms with Crippen molar-refractivity contribution in [1.29, 1.82) is 0 Å². The lowest BCUT2D eigenvalue weighted by Crippen LogP contribution is -2.36. The predicted molar refractivity (Wildman–Crippen MR) is 115 cm³/mol. The summed E-state index contributed by atoms with van der Waals surface area (Å²) in [5.41, 5.74) is 2.33. The van der Waals surface area contributed by atoms with Gasteiger partial charge < -0.3 is 5.32 Å². The quantitative estimate of drug-likeness (QED) is 0.642. The van der Waals surface area contributed by atoms with E-state index < -0.39 is 15.9 Å². The number of carbonyl (C=O) groups excluding carboxylic acids is 1. The molecule has 4 rings (SSSR count). The first-order chi connectivity index (χ1) is 13.9. The zero-order chi connectivity index (χ0) is 20.4. The van der Waals surface area contributed by atoms with Gasteiger partial charge in [-0.15, -0.1) is 11.3 Å². The molecule has 1 aliphatic rings. The Morgan fingerprint density at radius 1 is 1.10 bits per heavy atom. The highest BCUT2D eigenvalue weighted by atomic mass is 35.5. The molecule has 29 heavy (non-hydrogen) atoms. The molecule has 0 radical (unpaired) electrons. The number of nitrogens with zero attached hydrogens (tertiary/aromatic N) is 1. The molecule has 1 amide bonds. The van der Waals surface area contributed by atoms with Crippen LogP contribution in [0.15, 0.2) is 64.9 Å². The number of sulfonamides is 1. The second-order valence-electron chi connectivity index (χ2n) is 6.76. The van der Waals surface area contributed by atoms with Crippen LogP contribution in [-0.4, -0.2) is 25.2 Å². The smallest absolute Gasteiger partial charge is 0.253 e. The van der Waals surface area contributed by atoms with Gasteiger partial charge in [0, 0.05) is 18.0 Å². The second kappa shape index (κ2) is 8.28. The second-order valence-corrected chi connectivity index (χ2v) is 10.1. The molecule has 0 unspecified atom stereocenters. The first-order valence-corrected chi connectivity index (χ1v) is 11.8. The monoisotopic (exact) mass is 446 g/mol. The van der Waals surface area contributed by atoms with E-state index in [1.165, 1.54) is 39.4 Å². The van der Waals surface area contributed by atoms with E-state index in [0.29, 0.717) is 26.1 Å². The molecule has 1 N–H and O–H groups in total. The molecule has 8 heteroatoms. The predicted octanol–water partition coefficient (Wildman–Crippen LogP) is 4.08. The fourth-order valence-corrected chi connectivity index (χ4v) is 5.63. The normalized spacial score (nSPS) is 14.4. The van der Waals surface area contributed by atoms with E-state index in [2.05, 4.69) is 5.32 Å². The molecule has 1 aliphatic heterocycles. The Morgan fingerprint density at radius 2 is 1.90 bits per heavy atom. The van der Waals surface area contributed by atoms with Crippen LogP contribution in [0.1, 0.15) is 26.4 Å². The summed E-state index contributed by atoms with van der Waals surface area (Å²) in [5, 5.41) is 4.94. The summed E-state index contributed by atoms with van der Waals surface area (Å²) in [6.07, 6.45) is 0.664. The number of amides is 1. The van der Waals surface area contributed by atoms with Gasteiger partial charge >= 0.3 is 0 Å². The van der Waals surface area contributed by atoms with Crippen molar-refractivity contribution in [3.8, 4) is 0 Å². The molecule has 0 saturated carbocycles. The standard InChI is InChI=1S/C21H19ClN2O3S2/c22-20-8-7-18(12-19(20)21(25)23-13-17-6-3-11-28-17)29(26,27)24-10-9-15-4-1-2-5-16(15)14-24/h1-8,11-12H,9-10,13-14H2,(H,23,25). The molecular weight excluding hydrogens is 428 g/mol. The van der Waals surface area contributed by atoms with E-state index in [1.807, 2.05) is 41.8 Å². The third-order valence-corrected chi connectivity index (χ3v) is 7.97. The molecule has 3 aromatic rings. The first kappa shape index (κ1) is 20.1. The average molecular weight is 447 g/mol. The lowest BCUT2D eigenvalue weighted by molar-refractivity contribution is 0.0951. The number of nitrogens with one attached hydrogen (secondary N) is 1. The Labute approximate surface area is 179 Å². The van der Waals surface area contributed by atoms with Gasteiger partial charge in [0.1, 0.15) is 0 Å². The summed E-state index contributed by atoms with van der Waals surface area (Å²) < 4.78 is 27.8. The minimum Gasteiger partial charge on any atom is -0.347 e. The topological polar surface area (TPSA) is 66.5 Å². The number of rotatable bonds is 5. The van der Waals surface area contributed by atoms with E-state index in [-0.39, 0.29) is 15.5 Å². The molecule has 0 bridgehead atoms. The van der Waals surface area contributed by atoms with Gasteiger partial charge in [0.05, 0.1) is 22.0 Å². The maximum Gasteiger partial charge on any atom is 0.253 e. The molecule has 0 saturated heterocycles. The van der Waals surface area contributed by atoms with Crippen molar-refractivity contribution in [3.63, 3.8) is 0 Å². The summed E-state index contributed by atoms with van der Waals surface area (Å²) >= 11 is 7.72. The van der Waals surface area contributed by atoms with Gasteiger partial charge in [-0.05, 0) is 47.2 Å². The Hall–Kier alpha value is -2.19. The number of halogens is 1. The van der Waals surface area contributed by atoms with Crippen LogP contribution < -0.4 is 5.32 Å². The fourth-order valence-electron chi connectivity index (χ4n) is 3.34. The van der Waals surface area contributed by atoms with Gasteiger partial charge in [0.25, 0.3) is 5.91 Å². The molecule has 2 heterocycles. The number of fused-ring (bicyclic) bond motifs is 1. The minimum atomic E-state index is -3.74. The van der Waals surface area contributed by atoms with Crippen LogP contribution in [0.2, 0.25) is 5.02 Å². The highest BCUT2D eigenvalue weighted by Crippen LogP contribution is 2.27. The van der Waals surface area contributed by atoms with Crippen molar-refractivity contribution in [2.75, 3.05) is 6.54 Å². The van der Waals surface area contributed by atoms with Crippen molar-refractivity contribution < 1.29 is 13.2 Å². The van der Waals surface area contributed by atoms with E-state index in [1.54, 1.807) is 0 Å². The minimum absolute atomic E-state index is 0.0718. The lowest BCUT2D eigenvalue weighted by atomic mass is 10.0. The van der Waals surface area contributed by atoms with Crippen LogP contribution in [0.25, 0.3) is 0 Å². The molecule has 5 nitrogen and oxygen atoms in total. The number of carbonyl (C=O) groups is 1. The van der Waals surface area contributed by atoms with E-state index in [4.69, 9.17) is 11.6 Å². The number of hydrogen-bond acceptors (Lipinski definition) is 4. The maximum absolute atomic E-state index is 13.2. The fraction of sp³-hybridized carbons (Fsp3) is 0.190. The summed E-state index contributed by atoms with van der Waals surface area (Å²) in [5.74, 6) is -0.399. The largest absolute Gasteiger partial charge is 0.347 e. The SMILES string of the molecule is O=C(NCc1cccs1)c1cc(S(=O)(=O)N2CCc3ccccc3C2)ccc1Cl. The number of hydrogen-bond donors (Lipinski definition) is 1. The highest BCUT2D eigenvalue weighted by Gasteiger charge is 2.29. The number of benzene rings is 2. The van der Waals surface area contributed by atoms with Gasteiger partial charge in [0.15, 0.2) is 0 Å². The van der Waals surface area contributed by atoms with Crippen molar-refractivity contribution in [1.82, 2.24) is 9.62 Å². The van der Waals surface area contributed by atoms with Crippen molar-refractivity contribution in [2.45, 2.75) is 24.4 Å².